The minimum atomic E-state index is -0.0870. The Bertz CT molecular complexity index is 1020. The highest BCUT2D eigenvalue weighted by atomic mass is 35.5. The number of thiophene rings is 1. The first-order valence-corrected chi connectivity index (χ1v) is 10.5. The second-order valence-corrected chi connectivity index (χ2v) is 8.36. The van der Waals surface area contributed by atoms with Crippen LogP contribution in [0, 0.1) is 6.92 Å². The Morgan fingerprint density at radius 3 is 2.82 bits per heavy atom. The highest BCUT2D eigenvalue weighted by Crippen LogP contribution is 2.30. The molecule has 0 atom stereocenters. The molecule has 2 amide bonds. The molecule has 6 nitrogen and oxygen atoms in total. The molecule has 28 heavy (non-hydrogen) atoms. The number of fused-ring (bicyclic) bond motifs is 1. The molecule has 1 aliphatic rings. The van der Waals surface area contributed by atoms with E-state index in [0.717, 1.165) is 41.0 Å². The monoisotopic (exact) mass is 416 g/mol. The van der Waals surface area contributed by atoms with Gasteiger partial charge in [-0.1, -0.05) is 11.6 Å². The van der Waals surface area contributed by atoms with Gasteiger partial charge < -0.3 is 10.2 Å². The van der Waals surface area contributed by atoms with Crippen molar-refractivity contribution in [2.45, 2.75) is 26.2 Å². The van der Waals surface area contributed by atoms with Crippen molar-refractivity contribution in [3.63, 3.8) is 0 Å². The van der Waals surface area contributed by atoms with Crippen LogP contribution in [0.15, 0.2) is 30.3 Å². The van der Waals surface area contributed by atoms with Crippen LogP contribution in [0.3, 0.4) is 0 Å². The summed E-state index contributed by atoms with van der Waals surface area (Å²) < 4.78 is 1.85. The topological polar surface area (TPSA) is 67.2 Å². The van der Waals surface area contributed by atoms with Gasteiger partial charge in [0.2, 0.25) is 5.91 Å². The largest absolute Gasteiger partial charge is 0.351 e. The summed E-state index contributed by atoms with van der Waals surface area (Å²) in [7, 11) is 0. The van der Waals surface area contributed by atoms with Gasteiger partial charge in [-0.3, -0.25) is 9.59 Å². The van der Waals surface area contributed by atoms with Crippen LogP contribution in [0.1, 0.15) is 34.6 Å². The number of rotatable bonds is 6. The van der Waals surface area contributed by atoms with Crippen LogP contribution in [-0.4, -0.2) is 46.1 Å². The molecule has 0 radical (unpaired) electrons. The number of aryl methyl sites for hydroxylation is 1. The van der Waals surface area contributed by atoms with Gasteiger partial charge in [-0.2, -0.15) is 5.10 Å². The Labute approximate surface area is 172 Å². The second kappa shape index (κ2) is 7.93. The normalized spacial score (nSPS) is 14.2. The van der Waals surface area contributed by atoms with E-state index in [1.807, 2.05) is 46.8 Å². The van der Waals surface area contributed by atoms with Crippen molar-refractivity contribution < 1.29 is 9.59 Å². The molecule has 146 valence electrons. The Kier molecular flexibility index (Phi) is 5.37. The van der Waals surface area contributed by atoms with Gasteiger partial charge in [0.25, 0.3) is 5.91 Å². The Balaban J connectivity index is 1.44. The number of hydrogen-bond acceptors (Lipinski definition) is 4. The molecule has 2 aromatic heterocycles. The predicted octanol–water partition coefficient (Wildman–Crippen LogP) is 3.79. The quantitative estimate of drug-likeness (QED) is 0.621. The first-order chi connectivity index (χ1) is 13.5. The molecule has 0 aliphatic carbocycles. The number of amides is 2. The maximum absolute atomic E-state index is 12.5. The lowest BCUT2D eigenvalue weighted by Crippen LogP contribution is -2.30. The fourth-order valence-electron chi connectivity index (χ4n) is 3.42. The van der Waals surface area contributed by atoms with Gasteiger partial charge in [-0.15, -0.1) is 11.3 Å². The van der Waals surface area contributed by atoms with Crippen LogP contribution >= 0.6 is 22.9 Å². The summed E-state index contributed by atoms with van der Waals surface area (Å²) in [6, 6.07) is 9.37. The number of carbonyl (C=O) groups excluding carboxylic acids is 2. The van der Waals surface area contributed by atoms with E-state index in [2.05, 4.69) is 10.4 Å². The van der Waals surface area contributed by atoms with E-state index in [1.165, 1.54) is 11.3 Å². The molecule has 1 fully saturated rings. The van der Waals surface area contributed by atoms with Gasteiger partial charge in [-0.05, 0) is 50.1 Å². The zero-order valence-electron chi connectivity index (χ0n) is 15.6. The van der Waals surface area contributed by atoms with Gasteiger partial charge in [0.1, 0.15) is 4.83 Å². The fraction of sp³-hybridized carbons (Fsp3) is 0.350. The summed E-state index contributed by atoms with van der Waals surface area (Å²) in [5, 5.41) is 9.20. The van der Waals surface area contributed by atoms with Crippen LogP contribution < -0.4 is 5.32 Å². The Morgan fingerprint density at radius 2 is 2.11 bits per heavy atom. The van der Waals surface area contributed by atoms with E-state index in [1.54, 1.807) is 0 Å². The first-order valence-electron chi connectivity index (χ1n) is 9.34. The molecule has 1 saturated heterocycles. The summed E-state index contributed by atoms with van der Waals surface area (Å²) in [4.78, 5) is 27.6. The third-order valence-corrected chi connectivity index (χ3v) is 6.26. The molecule has 8 heteroatoms. The number of carbonyl (C=O) groups is 2. The number of benzene rings is 1. The van der Waals surface area contributed by atoms with E-state index in [-0.39, 0.29) is 11.8 Å². The second-order valence-electron chi connectivity index (χ2n) is 6.90. The van der Waals surface area contributed by atoms with Gasteiger partial charge in [0, 0.05) is 36.5 Å². The first kappa shape index (κ1) is 19.0. The Hall–Kier alpha value is -2.38. The Morgan fingerprint density at radius 1 is 1.32 bits per heavy atom. The van der Waals surface area contributed by atoms with Crippen molar-refractivity contribution in [1.82, 2.24) is 20.0 Å². The summed E-state index contributed by atoms with van der Waals surface area (Å²) in [6.07, 6.45) is 2.36. The number of hydrogen-bond donors (Lipinski definition) is 1. The summed E-state index contributed by atoms with van der Waals surface area (Å²) in [5.41, 5.74) is 1.79. The highest BCUT2D eigenvalue weighted by molar-refractivity contribution is 7.20. The minimum absolute atomic E-state index is 0.0870. The molecule has 3 heterocycles. The standard InChI is InChI=1S/C20H21ClN4O2S/c1-13-16-12-17(19(27)22-9-3-11-24-10-2-4-18(24)26)28-20(16)25(23-13)15-7-5-14(21)6-8-15/h5-8,12H,2-4,9-11H2,1H3,(H,22,27). The van der Waals surface area contributed by atoms with Crippen molar-refractivity contribution >= 4 is 45.0 Å². The molecule has 1 N–H and O–H groups in total. The fourth-order valence-corrected chi connectivity index (χ4v) is 4.64. The van der Waals surface area contributed by atoms with Crippen LogP contribution in [0.2, 0.25) is 5.02 Å². The van der Waals surface area contributed by atoms with Gasteiger partial charge in [0.05, 0.1) is 16.3 Å². The number of nitrogens with zero attached hydrogens (tertiary/aromatic N) is 3. The summed E-state index contributed by atoms with van der Waals surface area (Å²) in [6.45, 7) is 4.04. The van der Waals surface area contributed by atoms with Gasteiger partial charge in [-0.25, -0.2) is 4.68 Å². The number of aromatic nitrogens is 2. The average molecular weight is 417 g/mol. The van der Waals surface area contributed by atoms with Crippen molar-refractivity contribution in [2.24, 2.45) is 0 Å². The van der Waals surface area contributed by atoms with Crippen LogP contribution in [0.4, 0.5) is 0 Å². The highest BCUT2D eigenvalue weighted by Gasteiger charge is 2.20. The predicted molar refractivity (Wildman–Crippen MR) is 111 cm³/mol. The lowest BCUT2D eigenvalue weighted by molar-refractivity contribution is -0.127. The number of nitrogens with one attached hydrogen (secondary N) is 1. The number of likely N-dealkylation sites (tertiary alicyclic amines) is 1. The third-order valence-electron chi connectivity index (χ3n) is 4.90. The molecule has 0 spiro atoms. The van der Waals surface area contributed by atoms with Crippen molar-refractivity contribution in [3.8, 4) is 5.69 Å². The molecular formula is C20H21ClN4O2S. The molecule has 1 aliphatic heterocycles. The molecule has 0 bridgehead atoms. The molecule has 1 aromatic carbocycles. The van der Waals surface area contributed by atoms with Crippen LogP contribution in [-0.2, 0) is 4.79 Å². The molecule has 3 aromatic rings. The van der Waals surface area contributed by atoms with E-state index in [0.29, 0.717) is 29.4 Å². The molecule has 4 rings (SSSR count). The average Bonchev–Trinajstić information content (AvgIpc) is 3.37. The van der Waals surface area contributed by atoms with Crippen molar-refractivity contribution in [2.75, 3.05) is 19.6 Å². The zero-order chi connectivity index (χ0) is 19.7. The lowest BCUT2D eigenvalue weighted by Gasteiger charge is -2.15. The van der Waals surface area contributed by atoms with E-state index >= 15 is 0 Å². The smallest absolute Gasteiger partial charge is 0.261 e. The zero-order valence-corrected chi connectivity index (χ0v) is 17.1. The lowest BCUT2D eigenvalue weighted by atomic mass is 10.3. The van der Waals surface area contributed by atoms with E-state index in [4.69, 9.17) is 11.6 Å². The van der Waals surface area contributed by atoms with Gasteiger partial charge in [0.15, 0.2) is 0 Å². The van der Waals surface area contributed by atoms with E-state index in [9.17, 15) is 9.59 Å². The van der Waals surface area contributed by atoms with Gasteiger partial charge >= 0.3 is 0 Å². The molecule has 0 unspecified atom stereocenters. The van der Waals surface area contributed by atoms with E-state index < -0.39 is 0 Å². The van der Waals surface area contributed by atoms with Crippen molar-refractivity contribution in [3.05, 3.63) is 45.9 Å². The summed E-state index contributed by atoms with van der Waals surface area (Å²) >= 11 is 7.40. The third kappa shape index (κ3) is 3.77. The minimum Gasteiger partial charge on any atom is -0.351 e. The maximum Gasteiger partial charge on any atom is 0.261 e. The summed E-state index contributed by atoms with van der Waals surface area (Å²) in [5.74, 6) is 0.133. The van der Waals surface area contributed by atoms with Crippen molar-refractivity contribution in [1.29, 1.82) is 0 Å². The molecular weight excluding hydrogens is 396 g/mol. The maximum atomic E-state index is 12.5. The SMILES string of the molecule is Cc1nn(-c2ccc(Cl)cc2)c2sc(C(=O)NCCCN3CCCC3=O)cc12. The molecule has 0 saturated carbocycles. The van der Waals surface area contributed by atoms with Crippen LogP contribution in [0.5, 0.6) is 0 Å². The number of halogens is 1. The van der Waals surface area contributed by atoms with Crippen LogP contribution in [0.25, 0.3) is 15.9 Å².